The number of aromatic nitrogens is 2. The summed E-state index contributed by atoms with van der Waals surface area (Å²) in [6.07, 6.45) is 0.944. The van der Waals surface area contributed by atoms with Crippen LogP contribution in [0.25, 0.3) is 0 Å². The van der Waals surface area contributed by atoms with Gasteiger partial charge in [-0.25, -0.2) is 19.6 Å². The van der Waals surface area contributed by atoms with Crippen LogP contribution in [0.3, 0.4) is 0 Å². The van der Waals surface area contributed by atoms with Gasteiger partial charge in [-0.05, 0) is 36.3 Å². The van der Waals surface area contributed by atoms with E-state index in [0.717, 1.165) is 29.3 Å². The summed E-state index contributed by atoms with van der Waals surface area (Å²) in [6.45, 7) is 6.25. The number of morpholine rings is 1. The maximum atomic E-state index is 13.8. The molecule has 2 aromatic carbocycles. The SMILES string of the molecule is CC(C)[C@H](NC(=O)OCc1csc(N2CCOCC2)n1)C(=O)N[C@@H](Cc1ccccc1)[C@@H](O)C[C@H](Cc1ccccc1)NC(=O)OCc1cnco1. The maximum Gasteiger partial charge on any atom is 0.408 e. The quantitative estimate of drug-likeness (QED) is 0.122. The number of alkyl carbamates (subject to hydrolysis) is 2. The third-order valence-corrected chi connectivity index (χ3v) is 9.44. The lowest BCUT2D eigenvalue weighted by Crippen LogP contribution is -2.56. The highest BCUT2D eigenvalue weighted by Gasteiger charge is 2.31. The minimum atomic E-state index is -1.10. The fourth-order valence-electron chi connectivity index (χ4n) is 5.74. The molecule has 0 aliphatic carbocycles. The van der Waals surface area contributed by atoms with E-state index in [1.807, 2.05) is 79.9 Å². The number of anilines is 1. The first-order valence-corrected chi connectivity index (χ1v) is 18.2. The van der Waals surface area contributed by atoms with Crippen molar-refractivity contribution in [1.29, 1.82) is 0 Å². The number of amides is 3. The number of oxazole rings is 1. The molecular formula is C37H46N6O8S. The van der Waals surface area contributed by atoms with Crippen LogP contribution in [0.1, 0.15) is 42.8 Å². The molecular weight excluding hydrogens is 689 g/mol. The second-order valence-corrected chi connectivity index (χ2v) is 13.7. The Morgan fingerprint density at radius 2 is 1.56 bits per heavy atom. The Morgan fingerprint density at radius 1 is 0.904 bits per heavy atom. The topological polar surface area (TPSA) is 177 Å². The summed E-state index contributed by atoms with van der Waals surface area (Å²) < 4.78 is 21.3. The summed E-state index contributed by atoms with van der Waals surface area (Å²) in [5, 5.41) is 22.9. The number of carbonyl (C=O) groups excluding carboxylic acids is 3. The molecule has 0 unspecified atom stereocenters. The molecule has 1 fully saturated rings. The van der Waals surface area contributed by atoms with Crippen molar-refractivity contribution in [3.8, 4) is 0 Å². The standard InChI is InChI=1S/C37H46N6O8S/c1-25(2)33(42-37(47)49-21-29-23-52-35(39-29)43-13-15-48-16-14-43)34(45)41-31(18-27-11-7-4-8-12-27)32(44)19-28(17-26-9-5-3-6-10-26)40-36(46)50-22-30-20-38-24-51-30/h3-12,20,23-25,28,31-33,44H,13-19,21-22H2,1-2H3,(H,40,46)(H,41,45)(H,42,47)/t28-,31-,32-,33-/m0/s1. The average molecular weight is 735 g/mol. The number of aliphatic hydroxyl groups excluding tert-OH is 1. The van der Waals surface area contributed by atoms with Gasteiger partial charge in [0.05, 0.1) is 37.3 Å². The van der Waals surface area contributed by atoms with E-state index in [2.05, 4.69) is 30.8 Å². The van der Waals surface area contributed by atoms with Gasteiger partial charge in [-0.2, -0.15) is 0 Å². The monoisotopic (exact) mass is 734 g/mol. The van der Waals surface area contributed by atoms with Gasteiger partial charge in [0.15, 0.2) is 23.9 Å². The lowest BCUT2D eigenvalue weighted by atomic mass is 9.93. The summed E-state index contributed by atoms with van der Waals surface area (Å²) in [7, 11) is 0. The van der Waals surface area contributed by atoms with Gasteiger partial charge in [-0.3, -0.25) is 4.79 Å². The van der Waals surface area contributed by atoms with Gasteiger partial charge >= 0.3 is 12.2 Å². The van der Waals surface area contributed by atoms with Crippen LogP contribution in [-0.2, 0) is 45.1 Å². The molecule has 1 aliphatic heterocycles. The van der Waals surface area contributed by atoms with Crippen molar-refractivity contribution in [2.45, 2.75) is 70.6 Å². The third-order valence-electron chi connectivity index (χ3n) is 8.49. The molecule has 1 saturated heterocycles. The fraction of sp³-hybridized carbons (Fsp3) is 0.432. The van der Waals surface area contributed by atoms with E-state index in [1.165, 1.54) is 23.9 Å². The van der Waals surface area contributed by atoms with Gasteiger partial charge in [0.1, 0.15) is 12.6 Å². The summed E-state index contributed by atoms with van der Waals surface area (Å²) >= 11 is 1.47. The number of hydrogen-bond donors (Lipinski definition) is 4. The van der Waals surface area contributed by atoms with E-state index >= 15 is 0 Å². The minimum absolute atomic E-state index is 0.0505. The van der Waals surface area contributed by atoms with E-state index in [1.54, 1.807) is 0 Å². The minimum Gasteiger partial charge on any atom is -0.445 e. The summed E-state index contributed by atoms with van der Waals surface area (Å²) in [5.41, 5.74) is 2.44. The number of benzene rings is 2. The summed E-state index contributed by atoms with van der Waals surface area (Å²) in [6, 6.07) is 16.7. The number of thiazole rings is 1. The number of carbonyl (C=O) groups is 3. The zero-order chi connectivity index (χ0) is 36.7. The van der Waals surface area contributed by atoms with Crippen molar-refractivity contribution < 1.29 is 38.1 Å². The lowest BCUT2D eigenvalue weighted by Gasteiger charge is -2.30. The number of rotatable bonds is 17. The highest BCUT2D eigenvalue weighted by Crippen LogP contribution is 2.22. The van der Waals surface area contributed by atoms with Crippen molar-refractivity contribution in [2.24, 2.45) is 5.92 Å². The zero-order valence-electron chi connectivity index (χ0n) is 29.3. The molecule has 0 spiro atoms. The Kier molecular flexibility index (Phi) is 14.4. The van der Waals surface area contributed by atoms with Crippen LogP contribution < -0.4 is 20.9 Å². The molecule has 4 atom stereocenters. The highest BCUT2D eigenvalue weighted by molar-refractivity contribution is 7.13. The van der Waals surface area contributed by atoms with Crippen LogP contribution in [0, 0.1) is 5.92 Å². The Morgan fingerprint density at radius 3 is 2.21 bits per heavy atom. The van der Waals surface area contributed by atoms with Crippen LogP contribution in [0.2, 0.25) is 0 Å². The number of nitrogens with one attached hydrogen (secondary N) is 3. The Labute approximate surface area is 306 Å². The van der Waals surface area contributed by atoms with Crippen molar-refractivity contribution in [3.05, 3.63) is 101 Å². The largest absolute Gasteiger partial charge is 0.445 e. The number of hydrogen-bond acceptors (Lipinski definition) is 12. The van der Waals surface area contributed by atoms with Gasteiger partial charge in [0, 0.05) is 24.5 Å². The molecule has 4 aromatic rings. The van der Waals surface area contributed by atoms with Crippen molar-refractivity contribution in [2.75, 3.05) is 31.2 Å². The lowest BCUT2D eigenvalue weighted by molar-refractivity contribution is -0.125. The number of nitrogens with zero attached hydrogens (tertiary/aromatic N) is 3. The van der Waals surface area contributed by atoms with Gasteiger partial charge in [0.25, 0.3) is 0 Å². The van der Waals surface area contributed by atoms with Crippen LogP contribution in [0.5, 0.6) is 0 Å². The van der Waals surface area contributed by atoms with Gasteiger partial charge in [-0.15, -0.1) is 11.3 Å². The Balaban J connectivity index is 1.23. The van der Waals surface area contributed by atoms with Crippen molar-refractivity contribution >= 4 is 34.6 Å². The molecule has 3 heterocycles. The molecule has 0 radical (unpaired) electrons. The molecule has 52 heavy (non-hydrogen) atoms. The molecule has 278 valence electrons. The molecule has 15 heteroatoms. The van der Waals surface area contributed by atoms with E-state index in [9.17, 15) is 19.5 Å². The van der Waals surface area contributed by atoms with E-state index in [-0.39, 0.29) is 25.6 Å². The smallest absolute Gasteiger partial charge is 0.408 e. The molecule has 1 aliphatic rings. The van der Waals surface area contributed by atoms with Crippen LogP contribution >= 0.6 is 11.3 Å². The first-order valence-electron chi connectivity index (χ1n) is 17.3. The predicted molar refractivity (Wildman–Crippen MR) is 194 cm³/mol. The molecule has 14 nitrogen and oxygen atoms in total. The number of aliphatic hydroxyl groups is 1. The Bertz CT molecular complexity index is 1670. The predicted octanol–water partition coefficient (Wildman–Crippen LogP) is 4.23. The molecule has 2 aromatic heterocycles. The van der Waals surface area contributed by atoms with E-state index in [4.69, 9.17) is 18.6 Å². The van der Waals surface area contributed by atoms with Crippen LogP contribution in [-0.4, -0.2) is 83.7 Å². The van der Waals surface area contributed by atoms with Crippen molar-refractivity contribution in [3.63, 3.8) is 0 Å². The molecule has 4 N–H and O–H groups in total. The van der Waals surface area contributed by atoms with Gasteiger partial charge in [-0.1, -0.05) is 74.5 Å². The normalized spacial score (nSPS) is 15.3. The van der Waals surface area contributed by atoms with Crippen LogP contribution in [0.4, 0.5) is 14.7 Å². The van der Waals surface area contributed by atoms with Gasteiger partial charge in [0.2, 0.25) is 5.91 Å². The van der Waals surface area contributed by atoms with Crippen molar-refractivity contribution in [1.82, 2.24) is 25.9 Å². The summed E-state index contributed by atoms with van der Waals surface area (Å²) in [4.78, 5) is 50.1. The highest BCUT2D eigenvalue weighted by atomic mass is 32.1. The molecule has 5 rings (SSSR count). The van der Waals surface area contributed by atoms with E-state index < -0.39 is 42.3 Å². The summed E-state index contributed by atoms with van der Waals surface area (Å²) in [5.74, 6) is -0.395. The maximum absolute atomic E-state index is 13.8. The molecule has 0 saturated carbocycles. The second-order valence-electron chi connectivity index (χ2n) is 12.8. The first kappa shape index (κ1) is 38.2. The first-order chi connectivity index (χ1) is 25.2. The molecule has 3 amide bonds. The molecule has 0 bridgehead atoms. The zero-order valence-corrected chi connectivity index (χ0v) is 30.1. The third kappa shape index (κ3) is 12.1. The van der Waals surface area contributed by atoms with Gasteiger partial charge < -0.3 is 44.6 Å². The second kappa shape index (κ2) is 19.6. The fourth-order valence-corrected chi connectivity index (χ4v) is 6.60. The average Bonchev–Trinajstić information content (AvgIpc) is 3.86. The van der Waals surface area contributed by atoms with Crippen LogP contribution in [0.15, 0.2) is 83.1 Å². The Hall–Kier alpha value is -4.99. The van der Waals surface area contributed by atoms with E-state index in [0.29, 0.717) is 37.5 Å². The number of ether oxygens (including phenoxy) is 3.